The zero-order chi connectivity index (χ0) is 9.83. The summed E-state index contributed by atoms with van der Waals surface area (Å²) in [7, 11) is 3.60. The Morgan fingerprint density at radius 2 is 1.08 bits per heavy atom. The minimum Gasteiger partial charge on any atom is -0.325 e. The van der Waals surface area contributed by atoms with E-state index in [1.165, 1.54) is 0 Å². The van der Waals surface area contributed by atoms with Crippen molar-refractivity contribution < 1.29 is 0 Å². The Kier molecular flexibility index (Phi) is 8.05. The summed E-state index contributed by atoms with van der Waals surface area (Å²) in [6.07, 6.45) is 0. The number of halogens is 1. The van der Waals surface area contributed by atoms with Crippen LogP contribution in [-0.4, -0.2) is 22.6 Å². The van der Waals surface area contributed by atoms with Crippen molar-refractivity contribution in [3.8, 4) is 0 Å². The Morgan fingerprint density at radius 3 is 1.23 bits per heavy atom. The highest BCUT2D eigenvalue weighted by Gasteiger charge is 2.13. The maximum absolute atomic E-state index is 5.82. The van der Waals surface area contributed by atoms with Crippen molar-refractivity contribution in [3.63, 3.8) is 0 Å². The first-order chi connectivity index (χ1) is 5.21. The molecule has 0 aromatic heterocycles. The normalized spacial score (nSPS) is 12.5. The van der Waals surface area contributed by atoms with Gasteiger partial charge in [-0.15, -0.1) is 12.4 Å². The van der Waals surface area contributed by atoms with E-state index in [1.807, 2.05) is 27.7 Å². The van der Waals surface area contributed by atoms with Crippen LogP contribution in [-0.2, 0) is 0 Å². The lowest BCUT2D eigenvalue weighted by Gasteiger charge is -2.20. The highest BCUT2D eigenvalue weighted by molar-refractivity contribution is 8.76. The van der Waals surface area contributed by atoms with Crippen LogP contribution in [0.25, 0.3) is 0 Å². The van der Waals surface area contributed by atoms with E-state index in [-0.39, 0.29) is 23.5 Å². The second kappa shape index (κ2) is 6.40. The molecule has 0 heterocycles. The quantitative estimate of drug-likeness (QED) is 0.576. The SMILES string of the molecule is CC(C)(N)CSSCC(C)(C)N.Cl. The smallest absolute Gasteiger partial charge is 0.0212 e. The summed E-state index contributed by atoms with van der Waals surface area (Å²) in [4.78, 5) is 0. The molecule has 0 amide bonds. The Balaban J connectivity index is 0. The lowest BCUT2D eigenvalue weighted by molar-refractivity contribution is 0.589. The van der Waals surface area contributed by atoms with Gasteiger partial charge in [-0.25, -0.2) is 0 Å². The monoisotopic (exact) mass is 244 g/mol. The zero-order valence-electron chi connectivity index (χ0n) is 8.79. The molecule has 0 saturated heterocycles. The molecule has 82 valence electrons. The maximum atomic E-state index is 5.82. The lowest BCUT2D eigenvalue weighted by Crippen LogP contribution is -2.36. The van der Waals surface area contributed by atoms with Crippen molar-refractivity contribution in [2.24, 2.45) is 11.5 Å². The molecule has 0 aliphatic heterocycles. The Hall–Kier alpha value is 0.910. The van der Waals surface area contributed by atoms with E-state index >= 15 is 0 Å². The summed E-state index contributed by atoms with van der Waals surface area (Å²) in [5.41, 5.74) is 11.5. The predicted octanol–water partition coefficient (Wildman–Crippen LogP) is 2.26. The fourth-order valence-electron chi connectivity index (χ4n) is 0.387. The van der Waals surface area contributed by atoms with Gasteiger partial charge in [-0.3, -0.25) is 0 Å². The van der Waals surface area contributed by atoms with Crippen LogP contribution in [0.3, 0.4) is 0 Å². The molecular weight excluding hydrogens is 224 g/mol. The Bertz CT molecular complexity index is 113. The van der Waals surface area contributed by atoms with Crippen LogP contribution in [0, 0.1) is 0 Å². The van der Waals surface area contributed by atoms with E-state index in [2.05, 4.69) is 0 Å². The molecule has 4 N–H and O–H groups in total. The van der Waals surface area contributed by atoms with Crippen LogP contribution in [0.5, 0.6) is 0 Å². The summed E-state index contributed by atoms with van der Waals surface area (Å²) in [6, 6.07) is 0. The average Bonchev–Trinajstić information content (AvgIpc) is 1.76. The molecule has 0 saturated carbocycles. The average molecular weight is 245 g/mol. The topological polar surface area (TPSA) is 52.0 Å². The largest absolute Gasteiger partial charge is 0.325 e. The highest BCUT2D eigenvalue weighted by atomic mass is 35.5. The van der Waals surface area contributed by atoms with Gasteiger partial charge in [-0.05, 0) is 27.7 Å². The summed E-state index contributed by atoms with van der Waals surface area (Å²) in [5, 5.41) is 0. The number of hydrogen-bond acceptors (Lipinski definition) is 4. The van der Waals surface area contributed by atoms with Gasteiger partial charge in [0.05, 0.1) is 0 Å². The maximum Gasteiger partial charge on any atom is 0.0212 e. The Morgan fingerprint density at radius 1 is 0.846 bits per heavy atom. The summed E-state index contributed by atoms with van der Waals surface area (Å²) in [6.45, 7) is 8.14. The lowest BCUT2D eigenvalue weighted by atomic mass is 10.1. The fraction of sp³-hybridized carbons (Fsp3) is 1.00. The van der Waals surface area contributed by atoms with Crippen molar-refractivity contribution >= 4 is 34.0 Å². The zero-order valence-corrected chi connectivity index (χ0v) is 11.2. The molecule has 0 unspecified atom stereocenters. The molecule has 0 aromatic carbocycles. The van der Waals surface area contributed by atoms with E-state index < -0.39 is 0 Å². The van der Waals surface area contributed by atoms with Crippen LogP contribution >= 0.6 is 34.0 Å². The van der Waals surface area contributed by atoms with E-state index in [0.29, 0.717) is 0 Å². The molecule has 2 nitrogen and oxygen atoms in total. The molecule has 0 aromatic rings. The third-order valence-electron chi connectivity index (χ3n) is 0.945. The number of hydrogen-bond donors (Lipinski definition) is 2. The molecule has 0 aliphatic rings. The van der Waals surface area contributed by atoms with Crippen LogP contribution in [0.2, 0.25) is 0 Å². The van der Waals surface area contributed by atoms with Gasteiger partial charge in [0.1, 0.15) is 0 Å². The molecule has 0 atom stereocenters. The van der Waals surface area contributed by atoms with Gasteiger partial charge in [0.15, 0.2) is 0 Å². The first-order valence-electron chi connectivity index (χ1n) is 4.03. The molecule has 13 heavy (non-hydrogen) atoms. The van der Waals surface area contributed by atoms with E-state index in [1.54, 1.807) is 21.6 Å². The van der Waals surface area contributed by atoms with Crippen molar-refractivity contribution in [2.45, 2.75) is 38.8 Å². The third kappa shape index (κ3) is 15.6. The minimum atomic E-state index is -0.0730. The summed E-state index contributed by atoms with van der Waals surface area (Å²) in [5.74, 6) is 1.93. The van der Waals surface area contributed by atoms with Gasteiger partial charge in [0.2, 0.25) is 0 Å². The molecule has 0 fully saturated rings. The molecule has 0 bridgehead atoms. The van der Waals surface area contributed by atoms with Crippen molar-refractivity contribution in [2.75, 3.05) is 11.5 Å². The number of nitrogens with two attached hydrogens (primary N) is 2. The predicted molar refractivity (Wildman–Crippen MR) is 68.7 cm³/mol. The third-order valence-corrected chi connectivity index (χ3v) is 4.04. The van der Waals surface area contributed by atoms with Crippen LogP contribution in [0.1, 0.15) is 27.7 Å². The molecule has 5 heteroatoms. The summed E-state index contributed by atoms with van der Waals surface area (Å²) >= 11 is 0. The van der Waals surface area contributed by atoms with E-state index in [4.69, 9.17) is 11.5 Å². The molecule has 0 spiro atoms. The highest BCUT2D eigenvalue weighted by Crippen LogP contribution is 2.26. The van der Waals surface area contributed by atoms with Crippen molar-refractivity contribution in [1.82, 2.24) is 0 Å². The Labute approximate surface area is 95.8 Å². The minimum absolute atomic E-state index is 0. The first-order valence-corrected chi connectivity index (χ1v) is 6.52. The second-order valence-electron chi connectivity index (χ2n) is 4.50. The van der Waals surface area contributed by atoms with Crippen LogP contribution in [0.4, 0.5) is 0 Å². The van der Waals surface area contributed by atoms with Gasteiger partial charge in [0, 0.05) is 22.6 Å². The van der Waals surface area contributed by atoms with Gasteiger partial charge < -0.3 is 11.5 Å². The van der Waals surface area contributed by atoms with Gasteiger partial charge in [-0.2, -0.15) is 0 Å². The van der Waals surface area contributed by atoms with Crippen molar-refractivity contribution in [1.29, 1.82) is 0 Å². The summed E-state index contributed by atoms with van der Waals surface area (Å²) < 4.78 is 0. The van der Waals surface area contributed by atoms with Crippen molar-refractivity contribution in [3.05, 3.63) is 0 Å². The van der Waals surface area contributed by atoms with Crippen LogP contribution < -0.4 is 11.5 Å². The molecule has 0 radical (unpaired) electrons. The van der Waals surface area contributed by atoms with E-state index in [0.717, 1.165) is 11.5 Å². The van der Waals surface area contributed by atoms with E-state index in [9.17, 15) is 0 Å². The van der Waals surface area contributed by atoms with Gasteiger partial charge in [-0.1, -0.05) is 21.6 Å². The van der Waals surface area contributed by atoms with Gasteiger partial charge in [0.25, 0.3) is 0 Å². The number of rotatable bonds is 5. The second-order valence-corrected chi connectivity index (χ2v) is 6.96. The van der Waals surface area contributed by atoms with Gasteiger partial charge >= 0.3 is 0 Å². The van der Waals surface area contributed by atoms with Crippen LogP contribution in [0.15, 0.2) is 0 Å². The molecule has 0 rings (SSSR count). The first kappa shape index (κ1) is 16.3. The standard InChI is InChI=1S/C8H20N2S2.ClH/c1-7(2,9)5-11-12-6-8(3,4)10;/h5-6,9-10H2,1-4H3;1H. The molecule has 0 aliphatic carbocycles. The fourth-order valence-corrected chi connectivity index (χ4v) is 3.48. The molecular formula is C8H21ClN2S2.